The normalized spacial score (nSPS) is 11.5. The summed E-state index contributed by atoms with van der Waals surface area (Å²) in [5.41, 5.74) is 0. The van der Waals surface area contributed by atoms with E-state index >= 15 is 0 Å². The van der Waals surface area contributed by atoms with E-state index in [4.69, 9.17) is 0 Å². The van der Waals surface area contributed by atoms with Gasteiger partial charge in [-0.25, -0.2) is 0 Å². The first-order chi connectivity index (χ1) is 3.81. The van der Waals surface area contributed by atoms with Crippen LogP contribution in [0.5, 0.6) is 0 Å². The summed E-state index contributed by atoms with van der Waals surface area (Å²) in [7, 11) is 0. The van der Waals surface area contributed by atoms with E-state index in [-0.39, 0.29) is 0 Å². The highest BCUT2D eigenvalue weighted by atomic mass is 79.9. The van der Waals surface area contributed by atoms with Gasteiger partial charge in [-0.1, -0.05) is 44.0 Å². The Morgan fingerprint density at radius 1 is 1.62 bits per heavy atom. The minimum Gasteiger partial charge on any atom is -0.103 e. The van der Waals surface area contributed by atoms with Gasteiger partial charge in [-0.05, 0) is 10.9 Å². The molecule has 0 aliphatic rings. The van der Waals surface area contributed by atoms with Crippen LogP contribution in [-0.2, 0) is 0 Å². The third-order valence-corrected chi connectivity index (χ3v) is 1.61. The lowest BCUT2D eigenvalue weighted by atomic mass is 10.4. The van der Waals surface area contributed by atoms with Gasteiger partial charge in [0, 0.05) is 5.33 Å². The molecule has 0 fully saturated rings. The van der Waals surface area contributed by atoms with Crippen LogP contribution in [0, 0.1) is 0 Å². The van der Waals surface area contributed by atoms with Crippen LogP contribution >= 0.6 is 31.9 Å². The number of hydrogen-bond acceptors (Lipinski definition) is 0. The van der Waals surface area contributed by atoms with Crippen molar-refractivity contribution < 1.29 is 0 Å². The second kappa shape index (κ2) is 5.57. The topological polar surface area (TPSA) is 0 Å². The average Bonchev–Trinajstić information content (AvgIpc) is 1.68. The van der Waals surface area contributed by atoms with Gasteiger partial charge in [0.1, 0.15) is 0 Å². The van der Waals surface area contributed by atoms with E-state index in [0.717, 1.165) is 11.8 Å². The summed E-state index contributed by atoms with van der Waals surface area (Å²) < 4.78 is 1.18. The Bertz CT molecular complexity index is 94.7. The molecular formula is C6H8Br2. The first kappa shape index (κ1) is 8.44. The molecule has 46 valence electrons. The summed E-state index contributed by atoms with van der Waals surface area (Å²) in [4.78, 5) is 0. The van der Waals surface area contributed by atoms with Crippen molar-refractivity contribution in [2.75, 3.05) is 5.33 Å². The summed E-state index contributed by atoms with van der Waals surface area (Å²) in [5.74, 6) is 0. The van der Waals surface area contributed by atoms with E-state index in [1.165, 1.54) is 4.48 Å². The molecule has 0 aromatic rings. The van der Waals surface area contributed by atoms with E-state index in [0.29, 0.717) is 0 Å². The van der Waals surface area contributed by atoms with E-state index in [2.05, 4.69) is 44.5 Å². The van der Waals surface area contributed by atoms with Gasteiger partial charge in [0.25, 0.3) is 0 Å². The van der Waals surface area contributed by atoms with Crippen molar-refractivity contribution in [2.45, 2.75) is 6.42 Å². The Hall–Kier alpha value is 0.440. The van der Waals surface area contributed by atoms with Crippen molar-refractivity contribution >= 4 is 31.9 Å². The van der Waals surface area contributed by atoms with Gasteiger partial charge >= 0.3 is 0 Å². The lowest BCUT2D eigenvalue weighted by Gasteiger charge is -1.87. The van der Waals surface area contributed by atoms with E-state index in [1.54, 1.807) is 0 Å². The molecule has 8 heavy (non-hydrogen) atoms. The van der Waals surface area contributed by atoms with Gasteiger partial charge in [0.05, 0.1) is 0 Å². The summed E-state index contributed by atoms with van der Waals surface area (Å²) >= 11 is 6.64. The van der Waals surface area contributed by atoms with Crippen LogP contribution in [0.25, 0.3) is 0 Å². The van der Waals surface area contributed by atoms with Crippen molar-refractivity contribution in [3.05, 3.63) is 23.2 Å². The standard InChI is InChI=1S/C6H8Br2/c1-2-3-6(8)4-5-7/h2,4H,1,3,5H2. The van der Waals surface area contributed by atoms with Crippen molar-refractivity contribution in [1.29, 1.82) is 0 Å². The van der Waals surface area contributed by atoms with E-state index in [1.807, 2.05) is 6.08 Å². The monoisotopic (exact) mass is 238 g/mol. The minimum atomic E-state index is 0.904. The summed E-state index contributed by atoms with van der Waals surface area (Å²) in [5, 5.41) is 0.904. The predicted molar refractivity (Wildman–Crippen MR) is 45.6 cm³/mol. The number of allylic oxidation sites excluding steroid dienone is 3. The Balaban J connectivity index is 3.44. The van der Waals surface area contributed by atoms with Gasteiger partial charge in [0.15, 0.2) is 0 Å². The van der Waals surface area contributed by atoms with Crippen LogP contribution in [0.2, 0.25) is 0 Å². The van der Waals surface area contributed by atoms with Gasteiger partial charge in [-0.15, -0.1) is 6.58 Å². The average molecular weight is 240 g/mol. The molecule has 0 saturated carbocycles. The van der Waals surface area contributed by atoms with Crippen LogP contribution < -0.4 is 0 Å². The summed E-state index contributed by atoms with van der Waals surface area (Å²) in [6, 6.07) is 0. The van der Waals surface area contributed by atoms with Crippen molar-refractivity contribution in [1.82, 2.24) is 0 Å². The molecule has 0 aliphatic heterocycles. The fourth-order valence-electron chi connectivity index (χ4n) is 0.305. The molecule has 0 aromatic heterocycles. The van der Waals surface area contributed by atoms with Crippen LogP contribution in [0.4, 0.5) is 0 Å². The molecule has 0 spiro atoms. The lowest BCUT2D eigenvalue weighted by molar-refractivity contribution is 1.37. The minimum absolute atomic E-state index is 0.904. The number of hydrogen-bond donors (Lipinski definition) is 0. The highest BCUT2D eigenvalue weighted by Crippen LogP contribution is 2.10. The molecule has 0 rings (SSSR count). The Morgan fingerprint density at radius 3 is 2.62 bits per heavy atom. The molecule has 0 aliphatic carbocycles. The van der Waals surface area contributed by atoms with E-state index in [9.17, 15) is 0 Å². The molecule has 0 radical (unpaired) electrons. The number of alkyl halides is 1. The fraction of sp³-hybridized carbons (Fsp3) is 0.333. The second-order valence-electron chi connectivity index (χ2n) is 1.30. The van der Waals surface area contributed by atoms with Crippen molar-refractivity contribution in [3.8, 4) is 0 Å². The molecule has 0 bridgehead atoms. The van der Waals surface area contributed by atoms with Crippen LogP contribution in [0.1, 0.15) is 6.42 Å². The van der Waals surface area contributed by atoms with Crippen molar-refractivity contribution in [3.63, 3.8) is 0 Å². The molecule has 0 heterocycles. The maximum absolute atomic E-state index is 3.60. The van der Waals surface area contributed by atoms with Crippen LogP contribution in [0.15, 0.2) is 23.2 Å². The fourth-order valence-corrected chi connectivity index (χ4v) is 1.52. The van der Waals surface area contributed by atoms with Gasteiger partial charge in [0.2, 0.25) is 0 Å². The Labute approximate surface area is 66.9 Å². The van der Waals surface area contributed by atoms with E-state index < -0.39 is 0 Å². The zero-order valence-corrected chi connectivity index (χ0v) is 7.70. The molecule has 0 unspecified atom stereocenters. The quantitative estimate of drug-likeness (QED) is 0.524. The largest absolute Gasteiger partial charge is 0.103 e. The molecule has 0 N–H and O–H groups in total. The molecule has 0 aromatic carbocycles. The molecule has 0 nitrogen and oxygen atoms in total. The highest BCUT2D eigenvalue weighted by Gasteiger charge is 1.82. The third-order valence-electron chi connectivity index (χ3n) is 0.638. The lowest BCUT2D eigenvalue weighted by Crippen LogP contribution is -1.67. The first-order valence-electron chi connectivity index (χ1n) is 2.32. The van der Waals surface area contributed by atoms with Crippen molar-refractivity contribution in [2.24, 2.45) is 0 Å². The van der Waals surface area contributed by atoms with Crippen LogP contribution in [-0.4, -0.2) is 5.33 Å². The zero-order chi connectivity index (χ0) is 6.41. The summed E-state index contributed by atoms with van der Waals surface area (Å²) in [6.07, 6.45) is 4.84. The smallest absolute Gasteiger partial charge is 0.0222 e. The molecule has 0 saturated heterocycles. The molecule has 0 amide bonds. The Kier molecular flexibility index (Phi) is 5.88. The Morgan fingerprint density at radius 2 is 2.25 bits per heavy atom. The van der Waals surface area contributed by atoms with Gasteiger partial charge < -0.3 is 0 Å². The zero-order valence-electron chi connectivity index (χ0n) is 4.53. The highest BCUT2D eigenvalue weighted by molar-refractivity contribution is 9.11. The SMILES string of the molecule is C=CCC(Br)=CCBr. The predicted octanol–water partition coefficient (Wildman–Crippen LogP) is 3.24. The third kappa shape index (κ3) is 4.60. The molecular weight excluding hydrogens is 232 g/mol. The first-order valence-corrected chi connectivity index (χ1v) is 4.24. The van der Waals surface area contributed by atoms with Crippen LogP contribution in [0.3, 0.4) is 0 Å². The number of halogens is 2. The second-order valence-corrected chi connectivity index (χ2v) is 2.96. The maximum Gasteiger partial charge on any atom is 0.0222 e. The van der Waals surface area contributed by atoms with Gasteiger partial charge in [-0.3, -0.25) is 0 Å². The number of rotatable bonds is 3. The maximum atomic E-state index is 3.60. The molecule has 2 heteroatoms. The van der Waals surface area contributed by atoms with Gasteiger partial charge in [-0.2, -0.15) is 0 Å². The summed E-state index contributed by atoms with van der Waals surface area (Å²) in [6.45, 7) is 3.60. The molecule has 0 atom stereocenters.